The first-order valence-electron chi connectivity index (χ1n) is 6.22. The van der Waals surface area contributed by atoms with Crippen LogP contribution in [0.5, 0.6) is 5.88 Å². The molecule has 0 atom stereocenters. The number of ether oxygens (including phenoxy) is 1. The summed E-state index contributed by atoms with van der Waals surface area (Å²) in [6.45, 7) is 2.74. The number of rotatable bonds is 3. The maximum absolute atomic E-state index is 5.80. The van der Waals surface area contributed by atoms with Gasteiger partial charge in [-0.2, -0.15) is 0 Å². The van der Waals surface area contributed by atoms with E-state index in [1.807, 2.05) is 6.92 Å². The van der Waals surface area contributed by atoms with E-state index in [4.69, 9.17) is 10.5 Å². The lowest BCUT2D eigenvalue weighted by atomic mass is 9.90. The molecule has 1 saturated carbocycles. The Bertz CT molecular complexity index is 389. The highest BCUT2D eigenvalue weighted by molar-refractivity contribution is 9.10. The van der Waals surface area contributed by atoms with Gasteiger partial charge in [0.2, 0.25) is 5.88 Å². The van der Waals surface area contributed by atoms with Crippen molar-refractivity contribution in [3.05, 3.63) is 16.2 Å². The standard InChI is InChI=1S/C13H19BrN2O/c1-9-11(15)7-16-13(12(9)14)17-8-10-5-3-2-4-6-10/h7,10H,2-6,8,15H2,1H3. The first-order chi connectivity index (χ1) is 8.18. The molecule has 94 valence electrons. The molecule has 1 heterocycles. The van der Waals surface area contributed by atoms with Gasteiger partial charge in [-0.15, -0.1) is 0 Å². The summed E-state index contributed by atoms with van der Waals surface area (Å²) in [6, 6.07) is 0. The van der Waals surface area contributed by atoms with Gasteiger partial charge in [0.15, 0.2) is 0 Å². The molecule has 0 spiro atoms. The van der Waals surface area contributed by atoms with Gasteiger partial charge in [0.25, 0.3) is 0 Å². The second kappa shape index (κ2) is 5.71. The SMILES string of the molecule is Cc1c(N)cnc(OCC2CCCCC2)c1Br. The average molecular weight is 299 g/mol. The summed E-state index contributed by atoms with van der Waals surface area (Å²) in [7, 11) is 0. The summed E-state index contributed by atoms with van der Waals surface area (Å²) in [6.07, 6.45) is 8.28. The van der Waals surface area contributed by atoms with Crippen molar-refractivity contribution < 1.29 is 4.74 Å². The molecule has 0 bridgehead atoms. The minimum absolute atomic E-state index is 0.669. The normalized spacial score (nSPS) is 17.1. The quantitative estimate of drug-likeness (QED) is 0.926. The maximum atomic E-state index is 5.80. The van der Waals surface area contributed by atoms with Gasteiger partial charge in [0.1, 0.15) is 0 Å². The molecule has 4 heteroatoms. The highest BCUT2D eigenvalue weighted by atomic mass is 79.9. The summed E-state index contributed by atoms with van der Waals surface area (Å²) >= 11 is 3.49. The topological polar surface area (TPSA) is 48.1 Å². The van der Waals surface area contributed by atoms with Crippen LogP contribution in [0.15, 0.2) is 10.7 Å². The Kier molecular flexibility index (Phi) is 4.26. The zero-order valence-electron chi connectivity index (χ0n) is 10.2. The zero-order chi connectivity index (χ0) is 12.3. The van der Waals surface area contributed by atoms with Crippen molar-refractivity contribution in [2.45, 2.75) is 39.0 Å². The molecule has 0 unspecified atom stereocenters. The third-order valence-corrected chi connectivity index (χ3v) is 4.39. The van der Waals surface area contributed by atoms with E-state index in [2.05, 4.69) is 20.9 Å². The fourth-order valence-electron chi connectivity index (χ4n) is 2.22. The Labute approximate surface area is 111 Å². The van der Waals surface area contributed by atoms with E-state index in [0.29, 0.717) is 17.5 Å². The molecule has 1 aliphatic rings. The molecule has 3 nitrogen and oxygen atoms in total. The largest absolute Gasteiger partial charge is 0.477 e. The molecule has 1 aliphatic carbocycles. The third-order valence-electron chi connectivity index (χ3n) is 3.45. The second-order valence-electron chi connectivity index (χ2n) is 4.77. The molecular weight excluding hydrogens is 280 g/mol. The molecule has 0 saturated heterocycles. The van der Waals surface area contributed by atoms with Crippen LogP contribution in [0.2, 0.25) is 0 Å². The lowest BCUT2D eigenvalue weighted by molar-refractivity contribution is 0.202. The molecular formula is C13H19BrN2O. The lowest BCUT2D eigenvalue weighted by Crippen LogP contribution is -2.16. The number of nitrogens with two attached hydrogens (primary N) is 1. The van der Waals surface area contributed by atoms with E-state index in [1.165, 1.54) is 32.1 Å². The molecule has 1 aromatic rings. The number of anilines is 1. The van der Waals surface area contributed by atoms with Gasteiger partial charge >= 0.3 is 0 Å². The number of hydrogen-bond acceptors (Lipinski definition) is 3. The Morgan fingerprint density at radius 2 is 2.12 bits per heavy atom. The molecule has 0 aliphatic heterocycles. The molecule has 2 rings (SSSR count). The van der Waals surface area contributed by atoms with E-state index in [1.54, 1.807) is 6.20 Å². The van der Waals surface area contributed by atoms with Gasteiger partial charge in [-0.3, -0.25) is 0 Å². The van der Waals surface area contributed by atoms with Gasteiger partial charge in [-0.05, 0) is 47.2 Å². The van der Waals surface area contributed by atoms with Crippen LogP contribution >= 0.6 is 15.9 Å². The van der Waals surface area contributed by atoms with Crippen molar-refractivity contribution in [3.63, 3.8) is 0 Å². The van der Waals surface area contributed by atoms with Crippen LogP contribution < -0.4 is 10.5 Å². The van der Waals surface area contributed by atoms with Crippen molar-refractivity contribution in [3.8, 4) is 5.88 Å². The van der Waals surface area contributed by atoms with E-state index < -0.39 is 0 Å². The minimum Gasteiger partial charge on any atom is -0.477 e. The Morgan fingerprint density at radius 3 is 2.82 bits per heavy atom. The predicted octanol–water partition coefficient (Wildman–Crippen LogP) is 3.69. The Morgan fingerprint density at radius 1 is 1.41 bits per heavy atom. The zero-order valence-corrected chi connectivity index (χ0v) is 11.8. The molecule has 2 N–H and O–H groups in total. The van der Waals surface area contributed by atoms with Crippen LogP contribution in [-0.2, 0) is 0 Å². The van der Waals surface area contributed by atoms with Crippen molar-refractivity contribution in [1.29, 1.82) is 0 Å². The third kappa shape index (κ3) is 3.12. The van der Waals surface area contributed by atoms with Gasteiger partial charge in [0, 0.05) is 0 Å². The Hall–Kier alpha value is -0.770. The fourth-order valence-corrected chi connectivity index (χ4v) is 2.67. The van der Waals surface area contributed by atoms with Gasteiger partial charge < -0.3 is 10.5 Å². The summed E-state index contributed by atoms with van der Waals surface area (Å²) < 4.78 is 6.68. The number of hydrogen-bond donors (Lipinski definition) is 1. The van der Waals surface area contributed by atoms with E-state index in [9.17, 15) is 0 Å². The van der Waals surface area contributed by atoms with E-state index in [-0.39, 0.29) is 0 Å². The van der Waals surface area contributed by atoms with E-state index in [0.717, 1.165) is 16.6 Å². The number of aromatic nitrogens is 1. The van der Waals surface area contributed by atoms with Crippen LogP contribution in [0.1, 0.15) is 37.7 Å². The van der Waals surface area contributed by atoms with Crippen LogP contribution in [0.25, 0.3) is 0 Å². The fraction of sp³-hybridized carbons (Fsp3) is 0.615. The first kappa shape index (κ1) is 12.7. The summed E-state index contributed by atoms with van der Waals surface area (Å²) in [5, 5.41) is 0. The lowest BCUT2D eigenvalue weighted by Gasteiger charge is -2.21. The number of nitrogens with zero attached hydrogens (tertiary/aromatic N) is 1. The van der Waals surface area contributed by atoms with Crippen molar-refractivity contribution in [1.82, 2.24) is 4.98 Å². The first-order valence-corrected chi connectivity index (χ1v) is 7.01. The van der Waals surface area contributed by atoms with Crippen LogP contribution in [0.4, 0.5) is 5.69 Å². The summed E-state index contributed by atoms with van der Waals surface area (Å²) in [5.41, 5.74) is 7.48. The number of halogens is 1. The van der Waals surface area contributed by atoms with Gasteiger partial charge in [0.05, 0.1) is 23.0 Å². The molecule has 0 amide bonds. The monoisotopic (exact) mass is 298 g/mol. The minimum atomic E-state index is 0.669. The van der Waals surface area contributed by atoms with Crippen molar-refractivity contribution in [2.75, 3.05) is 12.3 Å². The summed E-state index contributed by atoms with van der Waals surface area (Å²) in [5.74, 6) is 1.36. The molecule has 1 aromatic heterocycles. The Balaban J connectivity index is 1.96. The highest BCUT2D eigenvalue weighted by Gasteiger charge is 2.15. The van der Waals surface area contributed by atoms with Crippen LogP contribution in [0, 0.1) is 12.8 Å². The average Bonchev–Trinajstić information content (AvgIpc) is 2.36. The number of pyridine rings is 1. The molecule has 0 radical (unpaired) electrons. The van der Waals surface area contributed by atoms with Crippen LogP contribution in [-0.4, -0.2) is 11.6 Å². The highest BCUT2D eigenvalue weighted by Crippen LogP contribution is 2.31. The van der Waals surface area contributed by atoms with Gasteiger partial charge in [-0.1, -0.05) is 19.3 Å². The molecule has 17 heavy (non-hydrogen) atoms. The maximum Gasteiger partial charge on any atom is 0.228 e. The van der Waals surface area contributed by atoms with E-state index >= 15 is 0 Å². The van der Waals surface area contributed by atoms with Crippen molar-refractivity contribution in [2.24, 2.45) is 5.92 Å². The predicted molar refractivity (Wildman–Crippen MR) is 73.2 cm³/mol. The van der Waals surface area contributed by atoms with Crippen molar-refractivity contribution >= 4 is 21.6 Å². The number of nitrogen functional groups attached to an aromatic ring is 1. The molecule has 0 aromatic carbocycles. The van der Waals surface area contributed by atoms with Crippen LogP contribution in [0.3, 0.4) is 0 Å². The summed E-state index contributed by atoms with van der Waals surface area (Å²) in [4.78, 5) is 4.23. The molecule has 1 fully saturated rings. The smallest absolute Gasteiger partial charge is 0.228 e. The second-order valence-corrected chi connectivity index (χ2v) is 5.57. The van der Waals surface area contributed by atoms with Gasteiger partial charge in [-0.25, -0.2) is 4.98 Å².